The standard InChI is InChI=1S/C21H21N3OS/c1-16-19(22-20(26-16)17-8-4-2-5-9-17)21(25)24-14-12-23(13-15-24)18-10-6-3-7-11-18/h2-11H,12-15H2,1H3. The maximum absolute atomic E-state index is 13.0. The Morgan fingerprint density at radius 1 is 0.923 bits per heavy atom. The molecule has 1 amide bonds. The predicted molar refractivity (Wildman–Crippen MR) is 107 cm³/mol. The number of aryl methyl sites for hydroxylation is 1. The van der Waals surface area contributed by atoms with Crippen LogP contribution < -0.4 is 4.90 Å². The molecule has 0 saturated carbocycles. The quantitative estimate of drug-likeness (QED) is 0.703. The fourth-order valence-corrected chi connectivity index (χ4v) is 4.17. The summed E-state index contributed by atoms with van der Waals surface area (Å²) in [4.78, 5) is 22.8. The minimum Gasteiger partial charge on any atom is -0.368 e. The summed E-state index contributed by atoms with van der Waals surface area (Å²) in [5, 5.41) is 0.911. The van der Waals surface area contributed by atoms with E-state index < -0.39 is 0 Å². The molecule has 0 aliphatic carbocycles. The first kappa shape index (κ1) is 16.8. The van der Waals surface area contributed by atoms with Gasteiger partial charge in [-0.1, -0.05) is 48.5 Å². The Kier molecular flexibility index (Phi) is 4.71. The van der Waals surface area contributed by atoms with Crippen LogP contribution in [0.15, 0.2) is 60.7 Å². The second-order valence-electron chi connectivity index (χ2n) is 6.40. The number of amides is 1. The molecule has 2 aromatic carbocycles. The first-order valence-corrected chi connectivity index (χ1v) is 9.66. The van der Waals surface area contributed by atoms with E-state index >= 15 is 0 Å². The van der Waals surface area contributed by atoms with Crippen LogP contribution in [0.2, 0.25) is 0 Å². The topological polar surface area (TPSA) is 36.4 Å². The molecule has 0 radical (unpaired) electrons. The number of para-hydroxylation sites is 1. The highest BCUT2D eigenvalue weighted by atomic mass is 32.1. The molecule has 3 aromatic rings. The Balaban J connectivity index is 1.47. The predicted octanol–water partition coefficient (Wildman–Crippen LogP) is 4.08. The number of carbonyl (C=O) groups excluding carboxylic acids is 1. The Hall–Kier alpha value is -2.66. The number of anilines is 1. The number of thiazole rings is 1. The van der Waals surface area contributed by atoms with Gasteiger partial charge in [0.05, 0.1) is 0 Å². The van der Waals surface area contributed by atoms with Crippen LogP contribution in [0, 0.1) is 6.92 Å². The highest BCUT2D eigenvalue weighted by Crippen LogP contribution is 2.28. The normalized spacial score (nSPS) is 14.5. The van der Waals surface area contributed by atoms with Crippen molar-refractivity contribution in [1.82, 2.24) is 9.88 Å². The van der Waals surface area contributed by atoms with E-state index in [4.69, 9.17) is 0 Å². The molecule has 0 spiro atoms. The Morgan fingerprint density at radius 2 is 1.54 bits per heavy atom. The molecule has 0 unspecified atom stereocenters. The number of benzene rings is 2. The minimum absolute atomic E-state index is 0.0497. The average Bonchev–Trinajstić information content (AvgIpc) is 3.10. The van der Waals surface area contributed by atoms with Gasteiger partial charge in [0.2, 0.25) is 0 Å². The second kappa shape index (κ2) is 7.30. The van der Waals surface area contributed by atoms with Crippen LogP contribution in [0.25, 0.3) is 10.6 Å². The maximum atomic E-state index is 13.0. The van der Waals surface area contributed by atoms with Crippen LogP contribution in [-0.4, -0.2) is 42.0 Å². The fraction of sp³-hybridized carbons (Fsp3) is 0.238. The van der Waals surface area contributed by atoms with E-state index in [-0.39, 0.29) is 5.91 Å². The molecular formula is C21H21N3OS. The van der Waals surface area contributed by atoms with Crippen molar-refractivity contribution >= 4 is 22.9 Å². The SMILES string of the molecule is Cc1sc(-c2ccccc2)nc1C(=O)N1CCN(c2ccccc2)CC1. The number of aromatic nitrogens is 1. The summed E-state index contributed by atoms with van der Waals surface area (Å²) >= 11 is 1.59. The molecule has 2 heterocycles. The lowest BCUT2D eigenvalue weighted by Gasteiger charge is -2.35. The molecule has 5 heteroatoms. The minimum atomic E-state index is 0.0497. The van der Waals surface area contributed by atoms with Crippen LogP contribution in [0.1, 0.15) is 15.4 Å². The van der Waals surface area contributed by atoms with Gasteiger partial charge in [-0.3, -0.25) is 4.79 Å². The first-order valence-electron chi connectivity index (χ1n) is 8.84. The van der Waals surface area contributed by atoms with Gasteiger partial charge >= 0.3 is 0 Å². The zero-order valence-corrected chi connectivity index (χ0v) is 15.6. The van der Waals surface area contributed by atoms with Crippen molar-refractivity contribution in [2.75, 3.05) is 31.1 Å². The Bertz CT molecular complexity index is 884. The monoisotopic (exact) mass is 363 g/mol. The third-order valence-electron chi connectivity index (χ3n) is 4.71. The summed E-state index contributed by atoms with van der Waals surface area (Å²) in [6.45, 7) is 5.14. The van der Waals surface area contributed by atoms with Crippen molar-refractivity contribution in [2.24, 2.45) is 0 Å². The van der Waals surface area contributed by atoms with Gasteiger partial charge in [-0.15, -0.1) is 11.3 Å². The van der Waals surface area contributed by atoms with Gasteiger partial charge in [0, 0.05) is 42.3 Å². The molecule has 4 nitrogen and oxygen atoms in total. The highest BCUT2D eigenvalue weighted by molar-refractivity contribution is 7.15. The zero-order valence-electron chi connectivity index (χ0n) is 14.8. The van der Waals surface area contributed by atoms with Crippen LogP contribution in [0.5, 0.6) is 0 Å². The highest BCUT2D eigenvalue weighted by Gasteiger charge is 2.25. The summed E-state index contributed by atoms with van der Waals surface area (Å²) in [7, 11) is 0. The van der Waals surface area contributed by atoms with Gasteiger partial charge in [0.1, 0.15) is 10.7 Å². The number of hydrogen-bond donors (Lipinski definition) is 0. The van der Waals surface area contributed by atoms with Crippen LogP contribution in [0.4, 0.5) is 5.69 Å². The third-order valence-corrected chi connectivity index (χ3v) is 5.73. The van der Waals surface area contributed by atoms with Crippen molar-refractivity contribution < 1.29 is 4.79 Å². The van der Waals surface area contributed by atoms with Crippen molar-refractivity contribution in [1.29, 1.82) is 0 Å². The molecule has 132 valence electrons. The molecule has 0 N–H and O–H groups in total. The summed E-state index contributed by atoms with van der Waals surface area (Å²) in [6, 6.07) is 20.4. The van der Waals surface area contributed by atoms with Crippen LogP contribution in [-0.2, 0) is 0 Å². The average molecular weight is 363 g/mol. The molecule has 0 atom stereocenters. The largest absolute Gasteiger partial charge is 0.368 e. The second-order valence-corrected chi connectivity index (χ2v) is 7.61. The fourth-order valence-electron chi connectivity index (χ4n) is 3.26. The van der Waals surface area contributed by atoms with E-state index in [2.05, 4.69) is 34.1 Å². The van der Waals surface area contributed by atoms with Gasteiger partial charge in [0.25, 0.3) is 5.91 Å². The Labute approximate surface area is 157 Å². The first-order chi connectivity index (χ1) is 12.7. The molecule has 1 aromatic heterocycles. The van der Waals surface area contributed by atoms with E-state index in [0.29, 0.717) is 5.69 Å². The Morgan fingerprint density at radius 3 is 2.19 bits per heavy atom. The smallest absolute Gasteiger partial charge is 0.273 e. The summed E-state index contributed by atoms with van der Waals surface area (Å²) in [5.74, 6) is 0.0497. The number of hydrogen-bond acceptors (Lipinski definition) is 4. The maximum Gasteiger partial charge on any atom is 0.273 e. The number of nitrogens with zero attached hydrogens (tertiary/aromatic N) is 3. The van der Waals surface area contributed by atoms with Gasteiger partial charge in [-0.05, 0) is 19.1 Å². The van der Waals surface area contributed by atoms with Crippen molar-refractivity contribution in [2.45, 2.75) is 6.92 Å². The van der Waals surface area contributed by atoms with Crippen LogP contribution in [0.3, 0.4) is 0 Å². The molecular weight excluding hydrogens is 342 g/mol. The van der Waals surface area contributed by atoms with E-state index in [1.54, 1.807) is 11.3 Å². The van der Waals surface area contributed by atoms with E-state index in [0.717, 1.165) is 41.6 Å². The van der Waals surface area contributed by atoms with Gasteiger partial charge in [-0.2, -0.15) is 0 Å². The summed E-state index contributed by atoms with van der Waals surface area (Å²) < 4.78 is 0. The molecule has 26 heavy (non-hydrogen) atoms. The van der Waals surface area contributed by atoms with Crippen LogP contribution >= 0.6 is 11.3 Å². The summed E-state index contributed by atoms with van der Waals surface area (Å²) in [5.41, 5.74) is 2.88. The van der Waals surface area contributed by atoms with Crippen molar-refractivity contribution in [3.05, 3.63) is 71.2 Å². The third kappa shape index (κ3) is 3.35. The molecule has 0 bridgehead atoms. The number of carbonyl (C=O) groups is 1. The van der Waals surface area contributed by atoms with Gasteiger partial charge < -0.3 is 9.80 Å². The number of rotatable bonds is 3. The lowest BCUT2D eigenvalue weighted by Crippen LogP contribution is -2.49. The van der Waals surface area contributed by atoms with E-state index in [1.165, 1.54) is 5.69 Å². The van der Waals surface area contributed by atoms with Crippen molar-refractivity contribution in [3.63, 3.8) is 0 Å². The van der Waals surface area contributed by atoms with Gasteiger partial charge in [-0.25, -0.2) is 4.98 Å². The molecule has 1 aliphatic heterocycles. The molecule has 1 fully saturated rings. The van der Waals surface area contributed by atoms with E-state index in [1.807, 2.05) is 48.2 Å². The summed E-state index contributed by atoms with van der Waals surface area (Å²) in [6.07, 6.45) is 0. The lowest BCUT2D eigenvalue weighted by molar-refractivity contribution is 0.0741. The lowest BCUT2D eigenvalue weighted by atomic mass is 10.2. The number of piperazine rings is 1. The van der Waals surface area contributed by atoms with Gasteiger partial charge in [0.15, 0.2) is 0 Å². The molecule has 1 aliphatic rings. The van der Waals surface area contributed by atoms with Crippen molar-refractivity contribution in [3.8, 4) is 10.6 Å². The van der Waals surface area contributed by atoms with E-state index in [9.17, 15) is 4.79 Å². The molecule has 4 rings (SSSR count). The molecule has 1 saturated heterocycles. The zero-order chi connectivity index (χ0) is 17.9.